The highest BCUT2D eigenvalue weighted by atomic mass is 16.5. The maximum Gasteiger partial charge on any atom is 0.407 e. The van der Waals surface area contributed by atoms with Crippen LogP contribution in [0.1, 0.15) is 13.8 Å². The average molecular weight is 172 g/mol. The summed E-state index contributed by atoms with van der Waals surface area (Å²) in [5.74, 6) is 0.210. The molecule has 0 heterocycles. The molecule has 0 spiro atoms. The molecule has 0 aromatic carbocycles. The Morgan fingerprint density at radius 1 is 1.58 bits per heavy atom. The van der Waals surface area contributed by atoms with Gasteiger partial charge in [0.15, 0.2) is 0 Å². The van der Waals surface area contributed by atoms with E-state index in [0.29, 0.717) is 5.70 Å². The Hall–Kier alpha value is -1.19. The van der Waals surface area contributed by atoms with Crippen LogP contribution in [0.2, 0.25) is 0 Å². The second kappa shape index (κ2) is 4.64. The highest BCUT2D eigenvalue weighted by Crippen LogP contribution is 2.05. The first kappa shape index (κ1) is 10.8. The first-order valence-electron chi connectivity index (χ1n) is 3.77. The Morgan fingerprint density at radius 3 is 2.33 bits per heavy atom. The van der Waals surface area contributed by atoms with Crippen molar-refractivity contribution in [1.82, 2.24) is 5.32 Å². The number of carbonyl (C=O) groups is 1. The highest BCUT2D eigenvalue weighted by Gasteiger charge is 2.17. The Morgan fingerprint density at radius 2 is 2.08 bits per heavy atom. The fourth-order valence-corrected chi connectivity index (χ4v) is 0.873. The van der Waals surface area contributed by atoms with Gasteiger partial charge in [-0.1, -0.05) is 20.4 Å². The van der Waals surface area contributed by atoms with E-state index in [4.69, 9.17) is 5.73 Å². The summed E-state index contributed by atoms with van der Waals surface area (Å²) in [5.41, 5.74) is 5.92. The van der Waals surface area contributed by atoms with Gasteiger partial charge in [0.2, 0.25) is 0 Å². The molecule has 0 aromatic heterocycles. The Labute approximate surface area is 72.8 Å². The summed E-state index contributed by atoms with van der Waals surface area (Å²) >= 11 is 0. The quantitative estimate of drug-likeness (QED) is 0.663. The van der Waals surface area contributed by atoms with Gasteiger partial charge in [-0.15, -0.1) is 0 Å². The minimum atomic E-state index is -0.486. The topological polar surface area (TPSA) is 64.3 Å². The largest absolute Gasteiger partial charge is 0.453 e. The fourth-order valence-electron chi connectivity index (χ4n) is 0.873. The van der Waals surface area contributed by atoms with Crippen LogP contribution in [0.4, 0.5) is 4.79 Å². The summed E-state index contributed by atoms with van der Waals surface area (Å²) in [6.07, 6.45) is -0.486. The zero-order chi connectivity index (χ0) is 9.72. The molecule has 0 aliphatic carbocycles. The summed E-state index contributed by atoms with van der Waals surface area (Å²) < 4.78 is 4.43. The molecule has 0 aliphatic rings. The number of hydrogen-bond donors (Lipinski definition) is 2. The van der Waals surface area contributed by atoms with Crippen molar-refractivity contribution in [2.45, 2.75) is 19.9 Å². The summed E-state index contributed by atoms with van der Waals surface area (Å²) in [5, 5.41) is 2.58. The third-order valence-corrected chi connectivity index (χ3v) is 1.52. The molecule has 0 rings (SSSR count). The van der Waals surface area contributed by atoms with Crippen molar-refractivity contribution in [3.8, 4) is 0 Å². The minimum Gasteiger partial charge on any atom is -0.453 e. The lowest BCUT2D eigenvalue weighted by molar-refractivity contribution is 0.165. The molecule has 0 fully saturated rings. The van der Waals surface area contributed by atoms with Crippen molar-refractivity contribution < 1.29 is 9.53 Å². The number of ether oxygens (including phenoxy) is 1. The van der Waals surface area contributed by atoms with Crippen molar-refractivity contribution in [1.29, 1.82) is 0 Å². The van der Waals surface area contributed by atoms with E-state index in [1.165, 1.54) is 7.11 Å². The molecule has 0 radical (unpaired) electrons. The predicted octanol–water partition coefficient (Wildman–Crippen LogP) is 0.839. The normalized spacial score (nSPS) is 12.3. The van der Waals surface area contributed by atoms with E-state index in [1.807, 2.05) is 13.8 Å². The first-order valence-corrected chi connectivity index (χ1v) is 3.77. The van der Waals surface area contributed by atoms with E-state index in [9.17, 15) is 4.79 Å². The second-order valence-electron chi connectivity index (χ2n) is 2.93. The zero-order valence-corrected chi connectivity index (χ0v) is 7.76. The first-order chi connectivity index (χ1) is 5.49. The molecule has 0 saturated heterocycles. The van der Waals surface area contributed by atoms with Crippen LogP contribution in [0.25, 0.3) is 0 Å². The number of methoxy groups -OCH3 is 1. The summed E-state index contributed by atoms with van der Waals surface area (Å²) in [6, 6.07) is -0.225. The van der Waals surface area contributed by atoms with Crippen molar-refractivity contribution in [2.75, 3.05) is 7.11 Å². The molecule has 1 amide bonds. The molecule has 0 aromatic rings. The van der Waals surface area contributed by atoms with Crippen molar-refractivity contribution >= 4 is 6.09 Å². The van der Waals surface area contributed by atoms with E-state index < -0.39 is 6.09 Å². The molecule has 1 atom stereocenters. The Kier molecular flexibility index (Phi) is 4.18. The van der Waals surface area contributed by atoms with E-state index in [-0.39, 0.29) is 12.0 Å². The van der Waals surface area contributed by atoms with Gasteiger partial charge in [0, 0.05) is 5.70 Å². The lowest BCUT2D eigenvalue weighted by Crippen LogP contribution is -2.41. The maximum atomic E-state index is 10.8. The van der Waals surface area contributed by atoms with E-state index >= 15 is 0 Å². The number of rotatable bonds is 3. The van der Waals surface area contributed by atoms with Crippen LogP contribution < -0.4 is 11.1 Å². The van der Waals surface area contributed by atoms with Gasteiger partial charge >= 0.3 is 6.09 Å². The van der Waals surface area contributed by atoms with Gasteiger partial charge in [-0.2, -0.15) is 0 Å². The molecule has 0 bridgehead atoms. The van der Waals surface area contributed by atoms with Crippen LogP contribution in [-0.4, -0.2) is 19.2 Å². The standard InChI is InChI=1S/C8H16N2O2/c1-5(2)7(6(3)9)10-8(11)12-4/h5,7H,3,9H2,1-2,4H3,(H,10,11). The highest BCUT2D eigenvalue weighted by molar-refractivity contribution is 5.67. The number of carbonyl (C=O) groups excluding carboxylic acids is 1. The second-order valence-corrected chi connectivity index (χ2v) is 2.93. The van der Waals surface area contributed by atoms with Gasteiger partial charge in [-0.25, -0.2) is 4.79 Å². The van der Waals surface area contributed by atoms with Gasteiger partial charge in [-0.3, -0.25) is 0 Å². The van der Waals surface area contributed by atoms with Crippen LogP contribution in [0.3, 0.4) is 0 Å². The van der Waals surface area contributed by atoms with Crippen LogP contribution in [0.15, 0.2) is 12.3 Å². The minimum absolute atomic E-state index is 0.210. The molecule has 0 aliphatic heterocycles. The van der Waals surface area contributed by atoms with E-state index in [0.717, 1.165) is 0 Å². The van der Waals surface area contributed by atoms with Crippen molar-refractivity contribution in [3.05, 3.63) is 12.3 Å². The lowest BCUT2D eigenvalue weighted by Gasteiger charge is -2.21. The fraction of sp³-hybridized carbons (Fsp3) is 0.625. The van der Waals surface area contributed by atoms with Gasteiger partial charge in [0.1, 0.15) is 0 Å². The number of nitrogens with one attached hydrogen (secondary N) is 1. The SMILES string of the molecule is C=C(N)C(NC(=O)OC)C(C)C. The van der Waals surface area contributed by atoms with Gasteiger partial charge in [0.05, 0.1) is 13.2 Å². The smallest absolute Gasteiger partial charge is 0.407 e. The molecule has 3 N–H and O–H groups in total. The van der Waals surface area contributed by atoms with Gasteiger partial charge < -0.3 is 15.8 Å². The zero-order valence-electron chi connectivity index (χ0n) is 7.76. The molecule has 0 saturated carbocycles. The number of amides is 1. The van der Waals surface area contributed by atoms with Crippen molar-refractivity contribution in [3.63, 3.8) is 0 Å². The number of hydrogen-bond acceptors (Lipinski definition) is 3. The molecule has 1 unspecified atom stereocenters. The van der Waals surface area contributed by atoms with Gasteiger partial charge in [-0.05, 0) is 5.92 Å². The van der Waals surface area contributed by atoms with Crippen LogP contribution in [0.5, 0.6) is 0 Å². The Balaban J connectivity index is 4.14. The maximum absolute atomic E-state index is 10.8. The molecule has 70 valence electrons. The molecule has 4 heteroatoms. The molecule has 4 nitrogen and oxygen atoms in total. The Bertz CT molecular complexity index is 178. The van der Waals surface area contributed by atoms with Crippen molar-refractivity contribution in [2.24, 2.45) is 11.7 Å². The summed E-state index contributed by atoms with van der Waals surface area (Å²) in [6.45, 7) is 7.46. The van der Waals surface area contributed by atoms with Crippen LogP contribution >= 0.6 is 0 Å². The average Bonchev–Trinajstić information content (AvgIpc) is 1.98. The van der Waals surface area contributed by atoms with E-state index in [2.05, 4.69) is 16.6 Å². The lowest BCUT2D eigenvalue weighted by atomic mass is 10.0. The summed E-state index contributed by atoms with van der Waals surface area (Å²) in [7, 11) is 1.31. The molecular weight excluding hydrogens is 156 g/mol. The van der Waals surface area contributed by atoms with Crippen LogP contribution in [0, 0.1) is 5.92 Å². The monoisotopic (exact) mass is 172 g/mol. The summed E-state index contributed by atoms with van der Waals surface area (Å²) in [4.78, 5) is 10.8. The molecule has 12 heavy (non-hydrogen) atoms. The third kappa shape index (κ3) is 3.27. The number of nitrogens with two attached hydrogens (primary N) is 1. The molecular formula is C8H16N2O2. The van der Waals surface area contributed by atoms with E-state index in [1.54, 1.807) is 0 Å². The van der Waals surface area contributed by atoms with Gasteiger partial charge in [0.25, 0.3) is 0 Å². The third-order valence-electron chi connectivity index (χ3n) is 1.52. The number of alkyl carbamates (subject to hydrolysis) is 1. The van der Waals surface area contributed by atoms with Crippen LogP contribution in [-0.2, 0) is 4.74 Å². The predicted molar refractivity (Wildman–Crippen MR) is 47.5 cm³/mol.